The molecule has 6 nitrogen and oxygen atoms in total. The van der Waals surface area contributed by atoms with E-state index in [-0.39, 0.29) is 0 Å². The lowest BCUT2D eigenvalue weighted by Gasteiger charge is -2.11. The van der Waals surface area contributed by atoms with Crippen LogP contribution in [0.3, 0.4) is 0 Å². The summed E-state index contributed by atoms with van der Waals surface area (Å²) in [5, 5.41) is 3.45. The number of aromatic amines is 1. The van der Waals surface area contributed by atoms with Crippen molar-refractivity contribution >= 4 is 16.9 Å². The average molecular weight is 388 g/mol. The molecule has 2 aromatic heterocycles. The van der Waals surface area contributed by atoms with E-state index in [9.17, 15) is 0 Å². The zero-order chi connectivity index (χ0) is 20.2. The highest BCUT2D eigenvalue weighted by Crippen LogP contribution is 2.29. The standard InChI is InChI=1S/C23H24N4O2/c1-15-25-19-14-18(17-7-5-4-6-8-17)27-22(19)23(26-15)24-12-11-16-9-10-20(28-2)21(13-16)29-3/h4-10,13-14,27H,11-12H2,1-3H3,(H,24,25,26). The fraction of sp³-hybridized carbons (Fsp3) is 0.217. The Morgan fingerprint density at radius 1 is 0.931 bits per heavy atom. The summed E-state index contributed by atoms with van der Waals surface area (Å²) in [5.41, 5.74) is 5.14. The molecule has 0 aliphatic carbocycles. The van der Waals surface area contributed by atoms with E-state index in [1.54, 1.807) is 14.2 Å². The topological polar surface area (TPSA) is 72.1 Å². The molecule has 0 unspecified atom stereocenters. The van der Waals surface area contributed by atoms with Crippen LogP contribution in [-0.4, -0.2) is 35.7 Å². The minimum Gasteiger partial charge on any atom is -0.493 e. The van der Waals surface area contributed by atoms with Crippen molar-refractivity contribution in [1.29, 1.82) is 0 Å². The average Bonchev–Trinajstić information content (AvgIpc) is 3.18. The maximum Gasteiger partial charge on any atom is 0.160 e. The number of rotatable bonds is 7. The van der Waals surface area contributed by atoms with Gasteiger partial charge in [0.1, 0.15) is 11.3 Å². The lowest BCUT2D eigenvalue weighted by atomic mass is 10.1. The van der Waals surface area contributed by atoms with E-state index < -0.39 is 0 Å². The van der Waals surface area contributed by atoms with Gasteiger partial charge in [0.25, 0.3) is 0 Å². The van der Waals surface area contributed by atoms with E-state index in [0.717, 1.165) is 64.0 Å². The normalized spacial score (nSPS) is 10.9. The zero-order valence-corrected chi connectivity index (χ0v) is 16.8. The summed E-state index contributed by atoms with van der Waals surface area (Å²) in [6.45, 7) is 2.65. The number of benzene rings is 2. The van der Waals surface area contributed by atoms with Gasteiger partial charge in [0.05, 0.1) is 19.7 Å². The van der Waals surface area contributed by atoms with Crippen molar-refractivity contribution in [2.24, 2.45) is 0 Å². The van der Waals surface area contributed by atoms with Crippen LogP contribution in [0.2, 0.25) is 0 Å². The zero-order valence-electron chi connectivity index (χ0n) is 16.8. The number of aryl methyl sites for hydroxylation is 1. The van der Waals surface area contributed by atoms with Crippen LogP contribution in [0.5, 0.6) is 11.5 Å². The first kappa shape index (κ1) is 18.8. The van der Waals surface area contributed by atoms with Crippen LogP contribution in [0.1, 0.15) is 11.4 Å². The van der Waals surface area contributed by atoms with Crippen LogP contribution < -0.4 is 14.8 Å². The van der Waals surface area contributed by atoms with Gasteiger partial charge in [-0.25, -0.2) is 9.97 Å². The highest BCUT2D eigenvalue weighted by Gasteiger charge is 2.11. The Morgan fingerprint density at radius 3 is 2.48 bits per heavy atom. The molecule has 2 heterocycles. The van der Waals surface area contributed by atoms with E-state index in [0.29, 0.717) is 0 Å². The summed E-state index contributed by atoms with van der Waals surface area (Å²) in [4.78, 5) is 12.6. The molecule has 6 heteroatoms. The third kappa shape index (κ3) is 4.01. The molecular weight excluding hydrogens is 364 g/mol. The maximum atomic E-state index is 5.39. The molecule has 0 aliphatic rings. The number of aromatic nitrogens is 3. The maximum absolute atomic E-state index is 5.39. The number of nitrogens with zero attached hydrogens (tertiary/aromatic N) is 2. The second-order valence-corrected chi connectivity index (χ2v) is 6.79. The van der Waals surface area contributed by atoms with Gasteiger partial charge in [-0.3, -0.25) is 0 Å². The van der Waals surface area contributed by atoms with Gasteiger partial charge in [-0.2, -0.15) is 0 Å². The molecule has 4 rings (SSSR count). The lowest BCUT2D eigenvalue weighted by Crippen LogP contribution is -2.08. The van der Waals surface area contributed by atoms with Crippen LogP contribution in [0.4, 0.5) is 5.82 Å². The van der Waals surface area contributed by atoms with Crippen molar-refractivity contribution in [3.05, 3.63) is 66.0 Å². The molecule has 0 radical (unpaired) electrons. The summed E-state index contributed by atoms with van der Waals surface area (Å²) >= 11 is 0. The Morgan fingerprint density at radius 2 is 1.72 bits per heavy atom. The highest BCUT2D eigenvalue weighted by atomic mass is 16.5. The first-order valence-corrected chi connectivity index (χ1v) is 9.55. The van der Waals surface area contributed by atoms with Crippen molar-refractivity contribution in [1.82, 2.24) is 15.0 Å². The smallest absolute Gasteiger partial charge is 0.160 e. The van der Waals surface area contributed by atoms with Crippen LogP contribution in [0.25, 0.3) is 22.3 Å². The van der Waals surface area contributed by atoms with Crippen LogP contribution in [0.15, 0.2) is 54.6 Å². The van der Waals surface area contributed by atoms with E-state index in [1.165, 1.54) is 0 Å². The Balaban J connectivity index is 1.54. The minimum absolute atomic E-state index is 0.733. The summed E-state index contributed by atoms with van der Waals surface area (Å²) < 4.78 is 10.7. The molecule has 0 aliphatic heterocycles. The first-order valence-electron chi connectivity index (χ1n) is 9.55. The number of ether oxygens (including phenoxy) is 2. The van der Waals surface area contributed by atoms with Gasteiger partial charge in [0.15, 0.2) is 17.3 Å². The van der Waals surface area contributed by atoms with Gasteiger partial charge in [0.2, 0.25) is 0 Å². The number of fused-ring (bicyclic) bond motifs is 1. The molecule has 0 saturated heterocycles. The van der Waals surface area contributed by atoms with Crippen LogP contribution >= 0.6 is 0 Å². The fourth-order valence-corrected chi connectivity index (χ4v) is 3.39. The minimum atomic E-state index is 0.733. The molecule has 148 valence electrons. The van der Waals surface area contributed by atoms with Gasteiger partial charge in [-0.1, -0.05) is 36.4 Å². The summed E-state index contributed by atoms with van der Waals surface area (Å²) in [5.74, 6) is 3.03. The Hall–Kier alpha value is -3.54. The van der Waals surface area contributed by atoms with E-state index in [4.69, 9.17) is 9.47 Å². The quantitative estimate of drug-likeness (QED) is 0.484. The second kappa shape index (κ2) is 8.22. The van der Waals surface area contributed by atoms with Gasteiger partial charge < -0.3 is 19.8 Å². The molecule has 0 amide bonds. The second-order valence-electron chi connectivity index (χ2n) is 6.79. The molecule has 29 heavy (non-hydrogen) atoms. The van der Waals surface area contributed by atoms with Gasteiger partial charge in [0, 0.05) is 12.2 Å². The Labute approximate surface area is 169 Å². The number of hydrogen-bond donors (Lipinski definition) is 2. The Kier molecular flexibility index (Phi) is 5.33. The molecule has 0 spiro atoms. The largest absolute Gasteiger partial charge is 0.493 e. The molecule has 2 N–H and O–H groups in total. The highest BCUT2D eigenvalue weighted by molar-refractivity contribution is 5.90. The van der Waals surface area contributed by atoms with Gasteiger partial charge in [-0.15, -0.1) is 0 Å². The molecule has 4 aromatic rings. The Bertz CT molecular complexity index is 1120. The third-order valence-electron chi connectivity index (χ3n) is 4.83. The van der Waals surface area contributed by atoms with Crippen molar-refractivity contribution in [2.45, 2.75) is 13.3 Å². The lowest BCUT2D eigenvalue weighted by molar-refractivity contribution is 0.354. The number of methoxy groups -OCH3 is 2. The predicted octanol–water partition coefficient (Wildman–Crippen LogP) is 4.61. The van der Waals surface area contributed by atoms with Crippen molar-refractivity contribution in [2.75, 3.05) is 26.1 Å². The van der Waals surface area contributed by atoms with Crippen molar-refractivity contribution in [3.8, 4) is 22.8 Å². The predicted molar refractivity (Wildman–Crippen MR) is 116 cm³/mol. The van der Waals surface area contributed by atoms with Crippen molar-refractivity contribution in [3.63, 3.8) is 0 Å². The van der Waals surface area contributed by atoms with Gasteiger partial charge >= 0.3 is 0 Å². The molecule has 0 saturated carbocycles. The van der Waals surface area contributed by atoms with Gasteiger partial charge in [-0.05, 0) is 42.7 Å². The van der Waals surface area contributed by atoms with Crippen molar-refractivity contribution < 1.29 is 9.47 Å². The summed E-state index contributed by atoms with van der Waals surface area (Å²) in [6.07, 6.45) is 0.831. The number of nitrogens with one attached hydrogen (secondary N) is 2. The number of hydrogen-bond acceptors (Lipinski definition) is 5. The van der Waals surface area contributed by atoms with E-state index >= 15 is 0 Å². The SMILES string of the molecule is COc1ccc(CCNc2nc(C)nc3cc(-c4ccccc4)[nH]c23)cc1OC. The molecule has 0 atom stereocenters. The number of anilines is 1. The van der Waals surface area contributed by atoms with E-state index in [1.807, 2.05) is 43.3 Å². The third-order valence-corrected chi connectivity index (χ3v) is 4.83. The van der Waals surface area contributed by atoms with Crippen LogP contribution in [-0.2, 0) is 6.42 Å². The number of H-pyrrole nitrogens is 1. The van der Waals surface area contributed by atoms with E-state index in [2.05, 4.69) is 38.5 Å². The molecule has 0 fully saturated rings. The molecular formula is C23H24N4O2. The molecule has 2 aromatic carbocycles. The fourth-order valence-electron chi connectivity index (χ4n) is 3.39. The first-order chi connectivity index (χ1) is 14.2. The monoisotopic (exact) mass is 388 g/mol. The summed E-state index contributed by atoms with van der Waals surface area (Å²) in [6, 6.07) is 18.3. The van der Waals surface area contributed by atoms with Crippen LogP contribution in [0, 0.1) is 6.92 Å². The molecule has 0 bridgehead atoms. The summed E-state index contributed by atoms with van der Waals surface area (Å²) in [7, 11) is 3.29.